The summed E-state index contributed by atoms with van der Waals surface area (Å²) in [5, 5.41) is 0. The van der Waals surface area contributed by atoms with Crippen molar-refractivity contribution in [3.05, 3.63) is 70.8 Å². The van der Waals surface area contributed by atoms with Gasteiger partial charge in [-0.2, -0.15) is 0 Å². The molecule has 0 aliphatic heterocycles. The molecule has 0 heterocycles. The predicted octanol–water partition coefficient (Wildman–Crippen LogP) is 6.54. The molecule has 2 aromatic rings. The Bertz CT molecular complexity index is 836. The van der Waals surface area contributed by atoms with Gasteiger partial charge in [0.25, 0.3) is 0 Å². The Balaban J connectivity index is 1.85. The van der Waals surface area contributed by atoms with Crippen molar-refractivity contribution in [1.29, 1.82) is 0 Å². The standard InChI is InChI=1S/C26H38O2Si2/c1-29(2,3)27-25(17-15-21-11-7-9-13-23(21)19-25)26(28-30(4,5)6)18-16-22-12-8-10-14-24(22)20-26/h7-14H,15-20H2,1-6H3. The summed E-state index contributed by atoms with van der Waals surface area (Å²) in [4.78, 5) is 0. The molecule has 2 nitrogen and oxygen atoms in total. The Hall–Kier alpha value is -1.21. The van der Waals surface area contributed by atoms with Crippen LogP contribution >= 0.6 is 0 Å². The lowest BCUT2D eigenvalue weighted by atomic mass is 9.64. The maximum Gasteiger partial charge on any atom is 0.184 e. The van der Waals surface area contributed by atoms with Crippen molar-refractivity contribution in [2.24, 2.45) is 0 Å². The highest BCUT2D eigenvalue weighted by Gasteiger charge is 2.57. The van der Waals surface area contributed by atoms with Crippen LogP contribution in [0.25, 0.3) is 0 Å². The second-order valence-electron chi connectivity index (χ2n) is 11.3. The van der Waals surface area contributed by atoms with Gasteiger partial charge in [0.2, 0.25) is 0 Å². The lowest BCUT2D eigenvalue weighted by Gasteiger charge is -2.58. The van der Waals surface area contributed by atoms with Crippen molar-refractivity contribution in [3.8, 4) is 0 Å². The van der Waals surface area contributed by atoms with E-state index in [4.69, 9.17) is 8.85 Å². The fourth-order valence-electron chi connectivity index (χ4n) is 5.72. The first-order chi connectivity index (χ1) is 14.0. The van der Waals surface area contributed by atoms with Gasteiger partial charge in [0.1, 0.15) is 0 Å². The Morgan fingerprint density at radius 2 is 0.900 bits per heavy atom. The summed E-state index contributed by atoms with van der Waals surface area (Å²) < 4.78 is 14.5. The molecule has 0 aromatic heterocycles. The van der Waals surface area contributed by atoms with Crippen molar-refractivity contribution < 1.29 is 8.85 Å². The van der Waals surface area contributed by atoms with E-state index >= 15 is 0 Å². The summed E-state index contributed by atoms with van der Waals surface area (Å²) in [5.74, 6) is 0. The molecule has 2 aromatic carbocycles. The molecular weight excluding hydrogens is 400 g/mol. The van der Waals surface area contributed by atoms with E-state index in [1.807, 2.05) is 0 Å². The monoisotopic (exact) mass is 438 g/mol. The van der Waals surface area contributed by atoms with Crippen molar-refractivity contribution in [2.75, 3.05) is 0 Å². The number of hydrogen-bond donors (Lipinski definition) is 0. The number of aryl methyl sites for hydroxylation is 2. The summed E-state index contributed by atoms with van der Waals surface area (Å²) in [5.41, 5.74) is 5.40. The molecule has 4 rings (SSSR count). The molecule has 0 radical (unpaired) electrons. The molecule has 2 unspecified atom stereocenters. The van der Waals surface area contributed by atoms with Crippen LogP contribution in [0, 0.1) is 0 Å². The fourth-order valence-corrected chi connectivity index (χ4v) is 8.79. The average molecular weight is 439 g/mol. The second kappa shape index (κ2) is 7.73. The predicted molar refractivity (Wildman–Crippen MR) is 131 cm³/mol. The third-order valence-electron chi connectivity index (χ3n) is 6.62. The van der Waals surface area contributed by atoms with E-state index in [9.17, 15) is 0 Å². The van der Waals surface area contributed by atoms with E-state index in [0.29, 0.717) is 0 Å². The van der Waals surface area contributed by atoms with Gasteiger partial charge in [-0.15, -0.1) is 0 Å². The van der Waals surface area contributed by atoms with Crippen molar-refractivity contribution in [2.45, 2.75) is 89.0 Å². The largest absolute Gasteiger partial charge is 0.409 e. The molecule has 4 heteroatoms. The lowest BCUT2D eigenvalue weighted by Crippen LogP contribution is -2.67. The summed E-state index contributed by atoms with van der Waals surface area (Å²) >= 11 is 0. The minimum atomic E-state index is -1.80. The van der Waals surface area contributed by atoms with Crippen LogP contribution in [0.3, 0.4) is 0 Å². The van der Waals surface area contributed by atoms with Gasteiger partial charge < -0.3 is 8.85 Å². The summed E-state index contributed by atoms with van der Waals surface area (Å²) in [6.45, 7) is 14.0. The summed E-state index contributed by atoms with van der Waals surface area (Å²) in [6, 6.07) is 18.0. The van der Waals surface area contributed by atoms with Gasteiger partial charge in [-0.25, -0.2) is 0 Å². The highest BCUT2D eigenvalue weighted by Crippen LogP contribution is 2.50. The van der Waals surface area contributed by atoms with Crippen molar-refractivity contribution in [1.82, 2.24) is 0 Å². The van der Waals surface area contributed by atoms with Crippen molar-refractivity contribution in [3.63, 3.8) is 0 Å². The molecule has 2 aliphatic carbocycles. The quantitative estimate of drug-likeness (QED) is 0.493. The first kappa shape index (κ1) is 22.0. The van der Waals surface area contributed by atoms with Gasteiger partial charge in [0.05, 0.1) is 11.2 Å². The van der Waals surface area contributed by atoms with E-state index in [1.165, 1.54) is 22.3 Å². The smallest absolute Gasteiger partial charge is 0.184 e. The van der Waals surface area contributed by atoms with Crippen molar-refractivity contribution >= 4 is 16.6 Å². The van der Waals surface area contributed by atoms with Gasteiger partial charge in [-0.05, 0) is 87.2 Å². The van der Waals surface area contributed by atoms with Crippen LogP contribution in [-0.4, -0.2) is 27.8 Å². The second-order valence-corrected chi connectivity index (χ2v) is 20.2. The van der Waals surface area contributed by atoms with Crippen LogP contribution in [-0.2, 0) is 34.5 Å². The molecule has 162 valence electrons. The zero-order valence-corrected chi connectivity index (χ0v) is 21.7. The lowest BCUT2D eigenvalue weighted by molar-refractivity contribution is -0.142. The number of fused-ring (bicyclic) bond motifs is 2. The minimum absolute atomic E-state index is 0.250. The fraction of sp³-hybridized carbons (Fsp3) is 0.538. The molecule has 0 fully saturated rings. The number of hydrogen-bond acceptors (Lipinski definition) is 2. The average Bonchev–Trinajstić information content (AvgIpc) is 2.65. The first-order valence-corrected chi connectivity index (χ1v) is 18.4. The molecule has 0 bridgehead atoms. The third-order valence-corrected chi connectivity index (χ3v) is 8.62. The van der Waals surface area contributed by atoms with Crippen LogP contribution < -0.4 is 0 Å². The van der Waals surface area contributed by atoms with E-state index in [-0.39, 0.29) is 11.2 Å². The van der Waals surface area contributed by atoms with Crippen LogP contribution in [0.1, 0.15) is 35.1 Å². The molecule has 0 saturated heterocycles. The molecule has 0 spiro atoms. The zero-order valence-electron chi connectivity index (χ0n) is 19.7. The summed E-state index contributed by atoms with van der Waals surface area (Å²) in [6.07, 6.45) is 6.22. The van der Waals surface area contributed by atoms with E-state index in [0.717, 1.165) is 38.5 Å². The molecule has 0 N–H and O–H groups in total. The van der Waals surface area contributed by atoms with Gasteiger partial charge in [-0.1, -0.05) is 48.5 Å². The molecule has 30 heavy (non-hydrogen) atoms. The van der Waals surface area contributed by atoms with Gasteiger partial charge in [0.15, 0.2) is 16.6 Å². The molecule has 0 amide bonds. The Kier molecular flexibility index (Phi) is 5.67. The van der Waals surface area contributed by atoms with Crippen LogP contribution in [0.2, 0.25) is 39.3 Å². The molecule has 0 saturated carbocycles. The number of benzene rings is 2. The maximum absolute atomic E-state index is 7.26. The SMILES string of the molecule is C[Si](C)(C)OC1(C2(O[Si](C)(C)C)CCc3ccccc3C2)CCc2ccccc2C1. The highest BCUT2D eigenvalue weighted by atomic mass is 28.4. The molecule has 2 atom stereocenters. The minimum Gasteiger partial charge on any atom is -0.409 e. The Morgan fingerprint density at radius 3 is 1.23 bits per heavy atom. The topological polar surface area (TPSA) is 18.5 Å². The van der Waals surface area contributed by atoms with Gasteiger partial charge in [0, 0.05) is 12.8 Å². The Morgan fingerprint density at radius 1 is 0.567 bits per heavy atom. The highest BCUT2D eigenvalue weighted by molar-refractivity contribution is 6.70. The normalized spacial score (nSPS) is 26.7. The third kappa shape index (κ3) is 4.38. The van der Waals surface area contributed by atoms with Crippen LogP contribution in [0.5, 0.6) is 0 Å². The zero-order chi connectivity index (χ0) is 21.6. The first-order valence-electron chi connectivity index (χ1n) is 11.5. The maximum atomic E-state index is 7.26. The van der Waals surface area contributed by atoms with Gasteiger partial charge in [-0.3, -0.25) is 0 Å². The van der Waals surface area contributed by atoms with E-state index in [1.54, 1.807) is 0 Å². The molecular formula is C26H38O2Si2. The van der Waals surface area contributed by atoms with Crippen LogP contribution in [0.4, 0.5) is 0 Å². The summed E-state index contributed by atoms with van der Waals surface area (Å²) in [7, 11) is -3.60. The molecule has 2 aliphatic rings. The van der Waals surface area contributed by atoms with E-state index < -0.39 is 16.6 Å². The Labute approximate surface area is 185 Å². The van der Waals surface area contributed by atoms with E-state index in [2.05, 4.69) is 87.8 Å². The van der Waals surface area contributed by atoms with Gasteiger partial charge >= 0.3 is 0 Å². The number of rotatable bonds is 5. The van der Waals surface area contributed by atoms with Crippen LogP contribution in [0.15, 0.2) is 48.5 Å².